The quantitative estimate of drug-likeness (QED) is 0.205. The number of Topliss-reactive ketones (excluding diaryl/α,β-unsaturated/α-hetero) is 1. The van der Waals surface area contributed by atoms with Crippen LogP contribution in [0.2, 0.25) is 0 Å². The van der Waals surface area contributed by atoms with E-state index in [1.807, 2.05) is 73.0 Å². The van der Waals surface area contributed by atoms with E-state index in [0.717, 1.165) is 39.4 Å². The Kier molecular flexibility index (Phi) is 6.91. The molecule has 0 radical (unpaired) electrons. The van der Waals surface area contributed by atoms with E-state index in [1.165, 1.54) is 4.88 Å². The second-order valence-electron chi connectivity index (χ2n) is 10.9. The van der Waals surface area contributed by atoms with Gasteiger partial charge in [-0.1, -0.05) is 60.7 Å². The van der Waals surface area contributed by atoms with Gasteiger partial charge in [0.15, 0.2) is 5.78 Å². The topological polar surface area (TPSA) is 93.5 Å². The number of hydrogen-bond acceptors (Lipinski definition) is 6. The van der Waals surface area contributed by atoms with Crippen molar-refractivity contribution in [2.75, 3.05) is 5.32 Å². The van der Waals surface area contributed by atoms with Crippen LogP contribution in [0.4, 0.5) is 5.82 Å². The summed E-state index contributed by atoms with van der Waals surface area (Å²) in [4.78, 5) is 27.3. The number of thiophene rings is 1. The number of nitrogens with one attached hydrogen (secondary N) is 1. The molecule has 2 aliphatic rings. The summed E-state index contributed by atoms with van der Waals surface area (Å²) in [6, 6.07) is 28.9. The lowest BCUT2D eigenvalue weighted by atomic mass is 9.73. The van der Waals surface area contributed by atoms with Gasteiger partial charge >= 0.3 is 5.97 Å². The Labute approximate surface area is 253 Å². The van der Waals surface area contributed by atoms with Gasteiger partial charge in [0, 0.05) is 40.0 Å². The first-order valence-electron chi connectivity index (χ1n) is 14.2. The average Bonchev–Trinajstić information content (AvgIpc) is 3.68. The van der Waals surface area contributed by atoms with Gasteiger partial charge in [0.1, 0.15) is 18.2 Å². The molecule has 0 bridgehead atoms. The number of allylic oxidation sites excluding steroid dienone is 2. The van der Waals surface area contributed by atoms with Crippen molar-refractivity contribution in [1.29, 1.82) is 0 Å². The second-order valence-corrected chi connectivity index (χ2v) is 11.9. The summed E-state index contributed by atoms with van der Waals surface area (Å²) in [5.41, 5.74) is 5.90. The fourth-order valence-electron chi connectivity index (χ4n) is 6.25. The molecule has 0 saturated carbocycles. The minimum atomic E-state index is -1.03. The monoisotopic (exact) mass is 587 g/mol. The van der Waals surface area contributed by atoms with Crippen LogP contribution < -0.4 is 10.1 Å². The van der Waals surface area contributed by atoms with Crippen molar-refractivity contribution >= 4 is 28.9 Å². The first kappa shape index (κ1) is 26.9. The number of ketones is 1. The average molecular weight is 588 g/mol. The summed E-state index contributed by atoms with van der Waals surface area (Å²) in [5, 5.41) is 20.4. The predicted octanol–water partition coefficient (Wildman–Crippen LogP) is 7.48. The summed E-state index contributed by atoms with van der Waals surface area (Å²) in [5.74, 6) is 0.257. The Morgan fingerprint density at radius 3 is 2.51 bits per heavy atom. The molecule has 2 N–H and O–H groups in total. The van der Waals surface area contributed by atoms with E-state index < -0.39 is 5.97 Å². The Hall–Kier alpha value is -4.95. The Morgan fingerprint density at radius 1 is 1.00 bits per heavy atom. The number of para-hydroxylation sites is 1. The van der Waals surface area contributed by atoms with E-state index in [-0.39, 0.29) is 23.2 Å². The molecule has 0 unspecified atom stereocenters. The van der Waals surface area contributed by atoms with Gasteiger partial charge in [0.05, 0.1) is 16.9 Å². The van der Waals surface area contributed by atoms with Crippen LogP contribution in [0.5, 0.6) is 5.75 Å². The first-order chi connectivity index (χ1) is 21.0. The molecule has 7 nitrogen and oxygen atoms in total. The summed E-state index contributed by atoms with van der Waals surface area (Å²) in [7, 11) is 0. The zero-order valence-electron chi connectivity index (χ0n) is 23.5. The highest BCUT2D eigenvalue weighted by atomic mass is 32.1. The number of carboxylic acids is 1. The van der Waals surface area contributed by atoms with Crippen LogP contribution in [0, 0.1) is 6.92 Å². The molecule has 7 rings (SSSR count). The number of rotatable bonds is 7. The van der Waals surface area contributed by atoms with Gasteiger partial charge in [-0.25, -0.2) is 9.48 Å². The van der Waals surface area contributed by atoms with Crippen LogP contribution in [0.3, 0.4) is 0 Å². The number of fused-ring (bicyclic) bond motifs is 1. The third-order valence-electron chi connectivity index (χ3n) is 8.23. The zero-order chi connectivity index (χ0) is 29.5. The Bertz CT molecular complexity index is 1860. The van der Waals surface area contributed by atoms with Gasteiger partial charge in [-0.2, -0.15) is 5.10 Å². The minimum Gasteiger partial charge on any atom is -0.489 e. The smallest absolute Gasteiger partial charge is 0.337 e. The van der Waals surface area contributed by atoms with Crippen LogP contribution in [-0.2, 0) is 11.4 Å². The summed E-state index contributed by atoms with van der Waals surface area (Å²) < 4.78 is 7.73. The molecule has 2 atom stereocenters. The van der Waals surface area contributed by atoms with Gasteiger partial charge in [0.25, 0.3) is 0 Å². The first-order valence-corrected chi connectivity index (χ1v) is 15.1. The standard InChI is InChI=1S/C35H29N3O4S/c1-21-31-32(23-13-15-25(16-14-23)42-20-22-8-3-2-4-9-22)33-27(18-24(19-29(33)39)30-12-7-17-43-30)36-34(31)38(37-21)28-11-6-5-10-26(28)35(40)41/h2-17,24,32,36H,18-20H2,1H3,(H,40,41)/t24-,32+/m0/s1. The molecule has 8 heteroatoms. The second kappa shape index (κ2) is 11.0. The van der Waals surface area contributed by atoms with Crippen molar-refractivity contribution in [3.63, 3.8) is 0 Å². The molecular formula is C35H29N3O4S. The van der Waals surface area contributed by atoms with E-state index in [4.69, 9.17) is 9.84 Å². The van der Waals surface area contributed by atoms with Crippen molar-refractivity contribution in [3.05, 3.63) is 140 Å². The number of carboxylic acid groups (broad SMARTS) is 1. The molecule has 1 aliphatic carbocycles. The summed E-state index contributed by atoms with van der Waals surface area (Å²) >= 11 is 1.67. The van der Waals surface area contributed by atoms with Crippen LogP contribution in [0.25, 0.3) is 5.69 Å². The lowest BCUT2D eigenvalue weighted by Crippen LogP contribution is -2.30. The number of hydrogen-bond donors (Lipinski definition) is 2. The molecule has 214 valence electrons. The van der Waals surface area contributed by atoms with E-state index in [0.29, 0.717) is 31.0 Å². The molecule has 0 saturated heterocycles. The third kappa shape index (κ3) is 4.93. The highest BCUT2D eigenvalue weighted by Crippen LogP contribution is 2.50. The number of ether oxygens (including phenoxy) is 1. The number of benzene rings is 3. The van der Waals surface area contributed by atoms with Crippen LogP contribution in [0.15, 0.2) is 108 Å². The number of nitrogens with zero attached hydrogens (tertiary/aromatic N) is 2. The molecule has 3 aromatic carbocycles. The molecule has 0 spiro atoms. The number of carbonyl (C=O) groups is 2. The molecule has 43 heavy (non-hydrogen) atoms. The minimum absolute atomic E-state index is 0.0819. The zero-order valence-corrected chi connectivity index (χ0v) is 24.3. The lowest BCUT2D eigenvalue weighted by Gasteiger charge is -2.35. The van der Waals surface area contributed by atoms with E-state index >= 15 is 0 Å². The third-order valence-corrected chi connectivity index (χ3v) is 9.27. The van der Waals surface area contributed by atoms with Gasteiger partial charge in [0.2, 0.25) is 0 Å². The number of aromatic nitrogens is 2. The van der Waals surface area contributed by atoms with Gasteiger partial charge < -0.3 is 15.2 Å². The molecule has 2 aromatic heterocycles. The number of anilines is 1. The van der Waals surface area contributed by atoms with E-state index in [9.17, 15) is 14.7 Å². The SMILES string of the molecule is Cc1nn(-c2ccccc2C(=O)O)c2c1[C@@H](c1ccc(OCc3ccccc3)cc1)C1=C(C[C@H](c3cccs3)CC1=O)N2. The van der Waals surface area contributed by atoms with Crippen molar-refractivity contribution < 1.29 is 19.4 Å². The highest BCUT2D eigenvalue weighted by Gasteiger charge is 2.41. The maximum Gasteiger partial charge on any atom is 0.337 e. The van der Waals surface area contributed by atoms with Crippen molar-refractivity contribution in [2.24, 2.45) is 0 Å². The Balaban J connectivity index is 1.32. The fourth-order valence-corrected chi connectivity index (χ4v) is 7.08. The highest BCUT2D eigenvalue weighted by molar-refractivity contribution is 7.10. The van der Waals surface area contributed by atoms with E-state index in [1.54, 1.807) is 40.3 Å². The normalized spacial score (nSPS) is 17.7. The van der Waals surface area contributed by atoms with Crippen molar-refractivity contribution in [3.8, 4) is 11.4 Å². The summed E-state index contributed by atoms with van der Waals surface area (Å²) in [6.45, 7) is 2.38. The van der Waals surface area contributed by atoms with Crippen molar-refractivity contribution in [1.82, 2.24) is 9.78 Å². The van der Waals surface area contributed by atoms with Gasteiger partial charge in [-0.05, 0) is 60.2 Å². The van der Waals surface area contributed by atoms with Gasteiger partial charge in [-0.3, -0.25) is 4.79 Å². The number of aromatic carboxylic acids is 1. The molecule has 1 aliphatic heterocycles. The maximum absolute atomic E-state index is 14.0. The molecule has 5 aromatic rings. The molecule has 3 heterocycles. The number of aryl methyl sites for hydroxylation is 1. The van der Waals surface area contributed by atoms with Gasteiger partial charge in [-0.15, -0.1) is 11.3 Å². The lowest BCUT2D eigenvalue weighted by molar-refractivity contribution is -0.116. The molecular weight excluding hydrogens is 558 g/mol. The van der Waals surface area contributed by atoms with Crippen molar-refractivity contribution in [2.45, 2.75) is 38.2 Å². The summed E-state index contributed by atoms with van der Waals surface area (Å²) in [6.07, 6.45) is 1.13. The molecule has 0 amide bonds. The van der Waals surface area contributed by atoms with Crippen LogP contribution in [-0.4, -0.2) is 26.6 Å². The van der Waals surface area contributed by atoms with Crippen LogP contribution in [0.1, 0.15) is 62.3 Å². The van der Waals surface area contributed by atoms with Crippen LogP contribution >= 0.6 is 11.3 Å². The Morgan fingerprint density at radius 2 is 1.77 bits per heavy atom. The number of carbonyl (C=O) groups excluding carboxylic acids is 1. The largest absolute Gasteiger partial charge is 0.489 e. The maximum atomic E-state index is 14.0. The fraction of sp³-hybridized carbons (Fsp3) is 0.171. The van der Waals surface area contributed by atoms with E-state index in [2.05, 4.69) is 11.4 Å². The predicted molar refractivity (Wildman–Crippen MR) is 166 cm³/mol. The molecule has 0 fully saturated rings.